The number of hydrogen-bond donors (Lipinski definition) is 1. The molecule has 1 atom stereocenters. The number of nitrogens with zero attached hydrogens (tertiary/aromatic N) is 1. The number of esters is 1. The minimum absolute atomic E-state index is 0.139. The number of benzene rings is 1. The highest BCUT2D eigenvalue weighted by atomic mass is 16.5. The first-order valence-corrected chi connectivity index (χ1v) is 7.16. The maximum absolute atomic E-state index is 12.2. The third kappa shape index (κ3) is 3.58. The number of hydrogen-bond acceptors (Lipinski definition) is 4. The predicted octanol–water partition coefficient (Wildman–Crippen LogP) is 1.89. The van der Waals surface area contributed by atoms with E-state index in [0.717, 1.165) is 18.7 Å². The summed E-state index contributed by atoms with van der Waals surface area (Å²) in [5.74, 6) is -0.346. The normalized spacial score (nSPS) is 19.5. The Balaban J connectivity index is 2.24. The van der Waals surface area contributed by atoms with Gasteiger partial charge in [-0.2, -0.15) is 0 Å². The predicted molar refractivity (Wildman–Crippen MR) is 79.4 cm³/mol. The van der Waals surface area contributed by atoms with Gasteiger partial charge in [-0.3, -0.25) is 9.69 Å². The molecule has 2 N–H and O–H groups in total. The van der Waals surface area contributed by atoms with Gasteiger partial charge >= 0.3 is 5.97 Å². The van der Waals surface area contributed by atoms with Crippen molar-refractivity contribution in [3.05, 3.63) is 35.4 Å². The molecule has 1 aliphatic heterocycles. The Bertz CT molecular complexity index is 480. The average molecular weight is 276 g/mol. The molecule has 1 aromatic carbocycles. The van der Waals surface area contributed by atoms with E-state index < -0.39 is 0 Å². The first kappa shape index (κ1) is 15.0. The third-order valence-corrected chi connectivity index (χ3v) is 3.47. The molecule has 1 heterocycles. The Morgan fingerprint density at radius 3 is 2.80 bits per heavy atom. The van der Waals surface area contributed by atoms with Gasteiger partial charge in [-0.25, -0.2) is 0 Å². The lowest BCUT2D eigenvalue weighted by Crippen LogP contribution is -2.48. The van der Waals surface area contributed by atoms with E-state index in [9.17, 15) is 4.79 Å². The highest BCUT2D eigenvalue weighted by molar-refractivity contribution is 5.79. The summed E-state index contributed by atoms with van der Waals surface area (Å²) in [5, 5.41) is 0. The molecule has 1 aliphatic rings. The lowest BCUT2D eigenvalue weighted by molar-refractivity contribution is -0.145. The van der Waals surface area contributed by atoms with Crippen LogP contribution in [0.5, 0.6) is 0 Å². The molecule has 0 saturated carbocycles. The van der Waals surface area contributed by atoms with Gasteiger partial charge in [-0.1, -0.05) is 24.3 Å². The summed E-state index contributed by atoms with van der Waals surface area (Å²) in [6.07, 6.45) is 0. The molecule has 2 rings (SSSR count). The van der Waals surface area contributed by atoms with Gasteiger partial charge in [0.15, 0.2) is 0 Å². The van der Waals surface area contributed by atoms with E-state index in [1.807, 2.05) is 39.0 Å². The van der Waals surface area contributed by atoms with E-state index in [1.165, 1.54) is 5.56 Å². The van der Waals surface area contributed by atoms with E-state index in [2.05, 4.69) is 11.0 Å². The van der Waals surface area contributed by atoms with E-state index in [1.54, 1.807) is 0 Å². The van der Waals surface area contributed by atoms with Crippen molar-refractivity contribution in [3.63, 3.8) is 0 Å². The Morgan fingerprint density at radius 1 is 1.45 bits per heavy atom. The molecule has 0 bridgehead atoms. The van der Waals surface area contributed by atoms with Crippen molar-refractivity contribution in [2.45, 2.75) is 38.8 Å². The van der Waals surface area contributed by atoms with Crippen molar-refractivity contribution >= 4 is 5.97 Å². The fourth-order valence-corrected chi connectivity index (χ4v) is 2.82. The lowest BCUT2D eigenvalue weighted by atomic mass is 9.89. The summed E-state index contributed by atoms with van der Waals surface area (Å²) < 4.78 is 5.22. The third-order valence-electron chi connectivity index (χ3n) is 3.47. The second kappa shape index (κ2) is 5.94. The van der Waals surface area contributed by atoms with Gasteiger partial charge in [0.05, 0.1) is 12.5 Å². The number of nitrogens with two attached hydrogens (primary N) is 1. The van der Waals surface area contributed by atoms with E-state index in [4.69, 9.17) is 10.5 Å². The van der Waals surface area contributed by atoms with Crippen molar-refractivity contribution in [2.24, 2.45) is 5.73 Å². The number of ether oxygens (including phenoxy) is 1. The summed E-state index contributed by atoms with van der Waals surface area (Å²) in [4.78, 5) is 14.4. The van der Waals surface area contributed by atoms with Crippen molar-refractivity contribution in [1.82, 2.24) is 4.90 Å². The zero-order chi connectivity index (χ0) is 14.8. The largest absolute Gasteiger partial charge is 0.465 e. The zero-order valence-corrected chi connectivity index (χ0v) is 12.6. The fourth-order valence-electron chi connectivity index (χ4n) is 2.82. The van der Waals surface area contributed by atoms with Crippen LogP contribution in [0.15, 0.2) is 24.3 Å². The van der Waals surface area contributed by atoms with Gasteiger partial charge in [0.2, 0.25) is 0 Å². The van der Waals surface area contributed by atoms with Crippen LogP contribution < -0.4 is 5.73 Å². The maximum atomic E-state index is 12.2. The standard InChI is InChI=1S/C16H24N2O2/c1-4-20-15(19)14-10-18(11-16(2,3)17)9-12-7-5-6-8-13(12)14/h5-8,14H,4,9-11,17H2,1-3H3. The zero-order valence-electron chi connectivity index (χ0n) is 12.6. The molecule has 110 valence electrons. The Labute approximate surface area is 120 Å². The first-order valence-electron chi connectivity index (χ1n) is 7.16. The number of fused-ring (bicyclic) bond motifs is 1. The molecule has 1 aromatic rings. The molecular weight excluding hydrogens is 252 g/mol. The minimum atomic E-state index is -0.272. The summed E-state index contributed by atoms with van der Waals surface area (Å²) in [6.45, 7) is 8.55. The second-order valence-corrected chi connectivity index (χ2v) is 6.16. The Morgan fingerprint density at radius 2 is 2.15 bits per heavy atom. The van der Waals surface area contributed by atoms with Crippen LogP contribution >= 0.6 is 0 Å². The van der Waals surface area contributed by atoms with Crippen molar-refractivity contribution in [1.29, 1.82) is 0 Å². The van der Waals surface area contributed by atoms with Gasteiger partial charge < -0.3 is 10.5 Å². The molecule has 4 heteroatoms. The van der Waals surface area contributed by atoms with Crippen LogP contribution in [0.25, 0.3) is 0 Å². The number of carbonyl (C=O) groups is 1. The van der Waals surface area contributed by atoms with Gasteiger partial charge in [-0.15, -0.1) is 0 Å². The van der Waals surface area contributed by atoms with Gasteiger partial charge in [0.25, 0.3) is 0 Å². The highest BCUT2D eigenvalue weighted by Gasteiger charge is 2.32. The van der Waals surface area contributed by atoms with Crippen LogP contribution in [0.4, 0.5) is 0 Å². The van der Waals surface area contributed by atoms with Crippen molar-refractivity contribution < 1.29 is 9.53 Å². The lowest BCUT2D eigenvalue weighted by Gasteiger charge is -2.36. The molecule has 1 unspecified atom stereocenters. The summed E-state index contributed by atoms with van der Waals surface area (Å²) in [5.41, 5.74) is 8.13. The monoisotopic (exact) mass is 276 g/mol. The quantitative estimate of drug-likeness (QED) is 0.853. The van der Waals surface area contributed by atoms with E-state index in [-0.39, 0.29) is 17.4 Å². The Kier molecular flexibility index (Phi) is 4.45. The van der Waals surface area contributed by atoms with Crippen LogP contribution in [-0.2, 0) is 16.1 Å². The summed E-state index contributed by atoms with van der Waals surface area (Å²) >= 11 is 0. The van der Waals surface area contributed by atoms with Crippen LogP contribution in [-0.4, -0.2) is 36.1 Å². The van der Waals surface area contributed by atoms with Crippen LogP contribution in [0.1, 0.15) is 37.8 Å². The Hall–Kier alpha value is -1.39. The highest BCUT2D eigenvalue weighted by Crippen LogP contribution is 2.29. The van der Waals surface area contributed by atoms with E-state index in [0.29, 0.717) is 13.2 Å². The van der Waals surface area contributed by atoms with Gasteiger partial charge in [-0.05, 0) is 31.9 Å². The van der Waals surface area contributed by atoms with Gasteiger partial charge in [0.1, 0.15) is 0 Å². The van der Waals surface area contributed by atoms with Crippen molar-refractivity contribution in [3.8, 4) is 0 Å². The molecule has 20 heavy (non-hydrogen) atoms. The van der Waals surface area contributed by atoms with Crippen LogP contribution in [0, 0.1) is 0 Å². The minimum Gasteiger partial charge on any atom is -0.465 e. The number of rotatable bonds is 4. The molecule has 0 radical (unpaired) electrons. The maximum Gasteiger partial charge on any atom is 0.314 e. The van der Waals surface area contributed by atoms with Gasteiger partial charge in [0, 0.05) is 25.2 Å². The molecular formula is C16H24N2O2. The SMILES string of the molecule is CCOC(=O)C1CN(CC(C)(C)N)Cc2ccccc21. The average Bonchev–Trinajstić information content (AvgIpc) is 2.36. The molecule has 0 saturated heterocycles. The van der Waals surface area contributed by atoms with E-state index >= 15 is 0 Å². The first-order chi connectivity index (χ1) is 9.40. The van der Waals surface area contributed by atoms with Crippen LogP contribution in [0.3, 0.4) is 0 Å². The molecule has 4 nitrogen and oxygen atoms in total. The molecule has 0 fully saturated rings. The number of carbonyl (C=O) groups excluding carboxylic acids is 1. The summed E-state index contributed by atoms with van der Waals surface area (Å²) in [7, 11) is 0. The summed E-state index contributed by atoms with van der Waals surface area (Å²) in [6, 6.07) is 8.10. The van der Waals surface area contributed by atoms with Crippen LogP contribution in [0.2, 0.25) is 0 Å². The molecule has 0 amide bonds. The smallest absolute Gasteiger partial charge is 0.314 e. The molecule has 0 aliphatic carbocycles. The fraction of sp³-hybridized carbons (Fsp3) is 0.562. The topological polar surface area (TPSA) is 55.6 Å². The van der Waals surface area contributed by atoms with Crippen molar-refractivity contribution in [2.75, 3.05) is 19.7 Å². The second-order valence-electron chi connectivity index (χ2n) is 6.16. The molecule has 0 aromatic heterocycles. The molecule has 0 spiro atoms.